The summed E-state index contributed by atoms with van der Waals surface area (Å²) in [5, 5.41) is 1.96. The first-order valence-electron chi connectivity index (χ1n) is 2.59. The summed E-state index contributed by atoms with van der Waals surface area (Å²) in [7, 11) is 1.99. The van der Waals surface area contributed by atoms with Gasteiger partial charge < -0.3 is 4.55 Å². The third kappa shape index (κ3) is 1.50. The SMILES string of the molecule is Bc1sccc1[S+](C)[O-]. The molecule has 0 spiro atoms. The summed E-state index contributed by atoms with van der Waals surface area (Å²) < 4.78 is 12.0. The Labute approximate surface area is 62.7 Å². The molecular weight excluding hydrogens is 151 g/mol. The molecule has 4 heteroatoms. The number of hydrogen-bond acceptors (Lipinski definition) is 2. The summed E-state index contributed by atoms with van der Waals surface area (Å²) in [6, 6.07) is 1.91. The molecule has 1 unspecified atom stereocenters. The first kappa shape index (κ1) is 7.19. The Bertz CT molecular complexity index is 197. The van der Waals surface area contributed by atoms with Crippen LogP contribution in [0.4, 0.5) is 0 Å². The highest BCUT2D eigenvalue weighted by molar-refractivity contribution is 7.91. The van der Waals surface area contributed by atoms with Gasteiger partial charge >= 0.3 is 0 Å². The molecule has 0 amide bonds. The van der Waals surface area contributed by atoms with E-state index in [1.54, 1.807) is 17.6 Å². The minimum absolute atomic E-state index is 0.799. The second kappa shape index (κ2) is 2.77. The highest BCUT2D eigenvalue weighted by atomic mass is 32.2. The second-order valence-electron chi connectivity index (χ2n) is 1.80. The predicted molar refractivity (Wildman–Crippen MR) is 44.8 cm³/mol. The largest absolute Gasteiger partial charge is 0.612 e. The maximum absolute atomic E-state index is 10.8. The highest BCUT2D eigenvalue weighted by Gasteiger charge is 2.07. The molecule has 1 aromatic heterocycles. The van der Waals surface area contributed by atoms with Crippen molar-refractivity contribution in [1.29, 1.82) is 0 Å². The Balaban J connectivity index is 2.94. The van der Waals surface area contributed by atoms with E-state index < -0.39 is 11.2 Å². The average Bonchev–Trinajstić information content (AvgIpc) is 2.13. The van der Waals surface area contributed by atoms with Gasteiger partial charge in [0.15, 0.2) is 12.7 Å². The summed E-state index contributed by atoms with van der Waals surface area (Å²) >= 11 is 0.841. The zero-order valence-electron chi connectivity index (χ0n) is 5.38. The molecule has 1 aromatic rings. The van der Waals surface area contributed by atoms with Crippen LogP contribution in [0.25, 0.3) is 0 Å². The van der Waals surface area contributed by atoms with Gasteiger partial charge in [0.1, 0.15) is 6.26 Å². The molecule has 1 nitrogen and oxygen atoms in total. The summed E-state index contributed by atoms with van der Waals surface area (Å²) in [5.41, 5.74) is 0. The van der Waals surface area contributed by atoms with Crippen molar-refractivity contribution in [2.24, 2.45) is 0 Å². The van der Waals surface area contributed by atoms with Crippen molar-refractivity contribution in [2.45, 2.75) is 4.90 Å². The van der Waals surface area contributed by atoms with E-state index in [9.17, 15) is 4.55 Å². The van der Waals surface area contributed by atoms with E-state index in [0.717, 1.165) is 9.67 Å². The molecule has 0 fully saturated rings. The van der Waals surface area contributed by atoms with E-state index in [4.69, 9.17) is 0 Å². The van der Waals surface area contributed by atoms with Gasteiger partial charge in [-0.25, -0.2) is 0 Å². The Morgan fingerprint density at radius 1 is 1.78 bits per heavy atom. The minimum atomic E-state index is -0.799. The van der Waals surface area contributed by atoms with Crippen molar-refractivity contribution < 1.29 is 4.55 Å². The molecule has 1 heterocycles. The van der Waals surface area contributed by atoms with Crippen LogP contribution in [0.1, 0.15) is 0 Å². The average molecular weight is 158 g/mol. The van der Waals surface area contributed by atoms with Gasteiger partial charge in [-0.3, -0.25) is 0 Å². The van der Waals surface area contributed by atoms with Crippen molar-refractivity contribution in [3.63, 3.8) is 0 Å². The van der Waals surface area contributed by atoms with Crippen LogP contribution >= 0.6 is 11.3 Å². The molecule has 0 saturated carbocycles. The molecule has 0 bridgehead atoms. The fraction of sp³-hybridized carbons (Fsp3) is 0.200. The van der Waals surface area contributed by atoms with Gasteiger partial charge in [0.25, 0.3) is 0 Å². The van der Waals surface area contributed by atoms with Crippen LogP contribution < -0.4 is 4.78 Å². The molecular formula is C5H7BOS2. The van der Waals surface area contributed by atoms with E-state index in [-0.39, 0.29) is 0 Å². The Hall–Kier alpha value is 0.0749. The van der Waals surface area contributed by atoms with Crippen molar-refractivity contribution >= 4 is 35.1 Å². The van der Waals surface area contributed by atoms with Crippen LogP contribution in [0.15, 0.2) is 16.3 Å². The zero-order chi connectivity index (χ0) is 6.85. The van der Waals surface area contributed by atoms with Crippen LogP contribution in [0.5, 0.6) is 0 Å². The topological polar surface area (TPSA) is 23.1 Å². The van der Waals surface area contributed by atoms with Gasteiger partial charge in [-0.15, -0.1) is 0 Å². The molecule has 0 radical (unpaired) electrons. The molecule has 1 rings (SSSR count). The van der Waals surface area contributed by atoms with E-state index in [1.165, 1.54) is 0 Å². The fourth-order valence-electron chi connectivity index (χ4n) is 0.672. The Morgan fingerprint density at radius 2 is 2.44 bits per heavy atom. The minimum Gasteiger partial charge on any atom is -0.612 e. The van der Waals surface area contributed by atoms with Crippen LogP contribution in [0.2, 0.25) is 0 Å². The van der Waals surface area contributed by atoms with Gasteiger partial charge in [0, 0.05) is 10.8 Å². The molecule has 0 aliphatic rings. The van der Waals surface area contributed by atoms with E-state index in [0.29, 0.717) is 0 Å². The molecule has 0 saturated heterocycles. The maximum atomic E-state index is 10.8. The molecule has 48 valence electrons. The quantitative estimate of drug-likeness (QED) is 0.408. The van der Waals surface area contributed by atoms with E-state index >= 15 is 0 Å². The lowest BCUT2D eigenvalue weighted by atomic mass is 10.1. The third-order valence-electron chi connectivity index (χ3n) is 1.12. The van der Waals surface area contributed by atoms with E-state index in [2.05, 4.69) is 0 Å². The first-order chi connectivity index (χ1) is 4.22. The highest BCUT2D eigenvalue weighted by Crippen LogP contribution is 2.07. The first-order valence-corrected chi connectivity index (χ1v) is 5.03. The van der Waals surface area contributed by atoms with Gasteiger partial charge in [-0.1, -0.05) is 0 Å². The monoisotopic (exact) mass is 158 g/mol. The summed E-state index contributed by atoms with van der Waals surface area (Å²) in [4.78, 5) is 0.972. The van der Waals surface area contributed by atoms with Crippen LogP contribution in [-0.2, 0) is 11.2 Å². The molecule has 0 N–H and O–H groups in total. The second-order valence-corrected chi connectivity index (χ2v) is 4.26. The Kier molecular flexibility index (Phi) is 2.21. The number of hydrogen-bond donors (Lipinski definition) is 0. The van der Waals surface area contributed by atoms with Crippen LogP contribution in [0.3, 0.4) is 0 Å². The van der Waals surface area contributed by atoms with Crippen molar-refractivity contribution in [3.8, 4) is 0 Å². The lowest BCUT2D eigenvalue weighted by molar-refractivity contribution is 0.601. The molecule has 0 aliphatic carbocycles. The van der Waals surface area contributed by atoms with Crippen LogP contribution in [-0.4, -0.2) is 18.7 Å². The van der Waals surface area contributed by atoms with Crippen molar-refractivity contribution in [1.82, 2.24) is 0 Å². The molecule has 0 aliphatic heterocycles. The Morgan fingerprint density at radius 3 is 2.67 bits per heavy atom. The fourth-order valence-corrected chi connectivity index (χ4v) is 2.51. The number of thiophene rings is 1. The van der Waals surface area contributed by atoms with Gasteiger partial charge in [0.2, 0.25) is 0 Å². The zero-order valence-corrected chi connectivity index (χ0v) is 7.01. The molecule has 1 atom stereocenters. The van der Waals surface area contributed by atoms with Gasteiger partial charge in [-0.2, -0.15) is 11.3 Å². The summed E-state index contributed by atoms with van der Waals surface area (Å²) in [6.45, 7) is 0. The summed E-state index contributed by atoms with van der Waals surface area (Å²) in [6.07, 6.45) is 1.70. The normalized spacial score (nSPS) is 13.6. The maximum Gasteiger partial charge on any atom is 0.159 e. The molecule has 0 aromatic carbocycles. The number of rotatable bonds is 1. The lowest BCUT2D eigenvalue weighted by Crippen LogP contribution is -2.08. The van der Waals surface area contributed by atoms with E-state index in [1.807, 2.05) is 19.3 Å². The standard InChI is InChI=1S/C5H7BOS2/c1-9(7)4-2-3-8-5(4)6/h2-3H,6H2,1H3. The van der Waals surface area contributed by atoms with Crippen molar-refractivity contribution in [3.05, 3.63) is 11.4 Å². The van der Waals surface area contributed by atoms with Crippen LogP contribution in [0, 0.1) is 0 Å². The molecule has 9 heavy (non-hydrogen) atoms. The lowest BCUT2D eigenvalue weighted by Gasteiger charge is -2.00. The van der Waals surface area contributed by atoms with Crippen molar-refractivity contribution in [2.75, 3.05) is 6.26 Å². The third-order valence-corrected chi connectivity index (χ3v) is 3.16. The summed E-state index contributed by atoms with van der Waals surface area (Å²) in [5.74, 6) is 0. The smallest absolute Gasteiger partial charge is 0.159 e. The van der Waals surface area contributed by atoms with Gasteiger partial charge in [-0.05, 0) is 16.6 Å². The van der Waals surface area contributed by atoms with Gasteiger partial charge in [0.05, 0.1) is 0 Å². The predicted octanol–water partition coefficient (Wildman–Crippen LogP) is -0.256.